The van der Waals surface area contributed by atoms with Crippen LogP contribution < -0.4 is 19.9 Å². The first-order chi connectivity index (χ1) is 20.3. The fourth-order valence-corrected chi connectivity index (χ4v) is 6.44. The van der Waals surface area contributed by atoms with Gasteiger partial charge >= 0.3 is 5.97 Å². The van der Waals surface area contributed by atoms with Gasteiger partial charge in [-0.15, -0.1) is 0 Å². The average molecular weight is 609 g/mol. The predicted octanol–water partition coefficient (Wildman–Crippen LogP) is 3.94. The van der Waals surface area contributed by atoms with Gasteiger partial charge in [-0.25, -0.2) is 4.98 Å². The van der Waals surface area contributed by atoms with E-state index in [-0.39, 0.29) is 23.4 Å². The van der Waals surface area contributed by atoms with E-state index in [1.54, 1.807) is 50.4 Å². The minimum Gasteiger partial charge on any atom is -0.493 e. The molecule has 0 atom stereocenters. The van der Waals surface area contributed by atoms with Crippen molar-refractivity contribution in [2.24, 2.45) is 5.92 Å². The molecule has 0 saturated carbocycles. The summed E-state index contributed by atoms with van der Waals surface area (Å²) >= 11 is 6.74. The highest BCUT2D eigenvalue weighted by molar-refractivity contribution is 8.26. The predicted molar refractivity (Wildman–Crippen MR) is 166 cm³/mol. The first-order valence-electron chi connectivity index (χ1n) is 13.7. The van der Waals surface area contributed by atoms with E-state index in [1.807, 2.05) is 29.2 Å². The Hall–Kier alpha value is -3.90. The first kappa shape index (κ1) is 29.6. The fourth-order valence-electron chi connectivity index (χ4n) is 5.15. The number of carbonyl (C=O) groups is 2. The Morgan fingerprint density at radius 1 is 1.12 bits per heavy atom. The number of piperidine rings is 1. The lowest BCUT2D eigenvalue weighted by atomic mass is 9.96. The van der Waals surface area contributed by atoms with E-state index in [1.165, 1.54) is 16.2 Å². The highest BCUT2D eigenvalue weighted by Crippen LogP contribution is 2.35. The quantitative estimate of drug-likeness (QED) is 0.202. The van der Waals surface area contributed by atoms with Gasteiger partial charge in [0.05, 0.1) is 37.2 Å². The molecule has 2 aliphatic rings. The molecular formula is C30H32N4O6S2. The van der Waals surface area contributed by atoms with E-state index < -0.39 is 0 Å². The maximum absolute atomic E-state index is 13.7. The number of pyridine rings is 1. The van der Waals surface area contributed by atoms with E-state index in [4.69, 9.17) is 31.4 Å². The third-order valence-corrected chi connectivity index (χ3v) is 8.76. The van der Waals surface area contributed by atoms with Gasteiger partial charge < -0.3 is 19.1 Å². The lowest BCUT2D eigenvalue weighted by Crippen LogP contribution is -2.39. The molecule has 4 heterocycles. The largest absolute Gasteiger partial charge is 0.493 e. The van der Waals surface area contributed by atoms with Crippen LogP contribution in [0.15, 0.2) is 52.3 Å². The molecule has 0 bridgehead atoms. The average Bonchev–Trinajstić information content (AvgIpc) is 3.28. The summed E-state index contributed by atoms with van der Waals surface area (Å²) in [6.07, 6.45) is 5.00. The summed E-state index contributed by atoms with van der Waals surface area (Å²) < 4.78 is 17.8. The molecule has 0 radical (unpaired) electrons. The van der Waals surface area contributed by atoms with Crippen LogP contribution >= 0.6 is 24.0 Å². The highest BCUT2D eigenvalue weighted by Gasteiger charge is 2.33. The highest BCUT2D eigenvalue weighted by atomic mass is 32.2. The van der Waals surface area contributed by atoms with Crippen molar-refractivity contribution < 1.29 is 23.8 Å². The second-order valence-electron chi connectivity index (χ2n) is 9.87. The van der Waals surface area contributed by atoms with Crippen LogP contribution in [0.3, 0.4) is 0 Å². The van der Waals surface area contributed by atoms with Gasteiger partial charge in [-0.2, -0.15) is 0 Å². The van der Waals surface area contributed by atoms with Crippen LogP contribution in [0.4, 0.5) is 5.82 Å². The Bertz CT molecular complexity index is 1610. The summed E-state index contributed by atoms with van der Waals surface area (Å²) in [5.74, 6) is 1.10. The summed E-state index contributed by atoms with van der Waals surface area (Å²) in [7, 11) is 3.16. The van der Waals surface area contributed by atoms with Crippen LogP contribution in [0.5, 0.6) is 11.5 Å². The van der Waals surface area contributed by atoms with Crippen LogP contribution in [0, 0.1) is 5.92 Å². The number of carbonyl (C=O) groups excluding carboxylic acids is 2. The number of benzene rings is 1. The number of thiocarbonyl (C=S) groups is 1. The van der Waals surface area contributed by atoms with E-state index >= 15 is 0 Å². The Kier molecular flexibility index (Phi) is 9.12. The van der Waals surface area contributed by atoms with Crippen LogP contribution in [-0.2, 0) is 20.7 Å². The van der Waals surface area contributed by atoms with Crippen LogP contribution in [0.1, 0.15) is 30.9 Å². The molecule has 3 aromatic rings. The molecule has 10 nitrogen and oxygen atoms in total. The van der Waals surface area contributed by atoms with Crippen molar-refractivity contribution >= 4 is 57.7 Å². The molecule has 0 aliphatic carbocycles. The molecule has 0 unspecified atom stereocenters. The fraction of sp³-hybridized carbons (Fsp3) is 0.367. The molecule has 42 heavy (non-hydrogen) atoms. The third kappa shape index (κ3) is 6.00. The third-order valence-electron chi connectivity index (χ3n) is 7.38. The molecule has 2 aromatic heterocycles. The van der Waals surface area contributed by atoms with Crippen molar-refractivity contribution in [3.05, 3.63) is 69.0 Å². The van der Waals surface area contributed by atoms with Gasteiger partial charge in [0.15, 0.2) is 11.5 Å². The summed E-state index contributed by atoms with van der Waals surface area (Å²) in [5, 5.41) is 0. The number of nitrogens with zero attached hydrogens (tertiary/aromatic N) is 4. The van der Waals surface area contributed by atoms with Gasteiger partial charge in [-0.1, -0.05) is 36.1 Å². The molecule has 2 aliphatic heterocycles. The van der Waals surface area contributed by atoms with Gasteiger partial charge in [0, 0.05) is 25.8 Å². The number of methoxy groups -OCH3 is 2. The zero-order chi connectivity index (χ0) is 29.8. The smallest absolute Gasteiger partial charge is 0.309 e. The second-order valence-corrected chi connectivity index (χ2v) is 11.5. The van der Waals surface area contributed by atoms with Gasteiger partial charge in [0.2, 0.25) is 0 Å². The molecule has 220 valence electrons. The number of ether oxygens (including phenoxy) is 3. The molecule has 0 spiro atoms. The van der Waals surface area contributed by atoms with Crippen molar-refractivity contribution in [3.63, 3.8) is 0 Å². The number of aromatic nitrogens is 2. The number of hydrogen-bond donors (Lipinski definition) is 0. The van der Waals surface area contributed by atoms with E-state index in [9.17, 15) is 14.4 Å². The lowest BCUT2D eigenvalue weighted by Gasteiger charge is -2.32. The van der Waals surface area contributed by atoms with E-state index in [0.717, 1.165) is 5.56 Å². The molecule has 5 rings (SSSR count). The molecule has 1 amide bonds. The summed E-state index contributed by atoms with van der Waals surface area (Å²) in [6, 6.07) is 11.0. The van der Waals surface area contributed by atoms with Gasteiger partial charge in [-0.05, 0) is 62.1 Å². The Morgan fingerprint density at radius 3 is 2.60 bits per heavy atom. The zero-order valence-corrected chi connectivity index (χ0v) is 25.3. The van der Waals surface area contributed by atoms with E-state index in [0.29, 0.717) is 83.3 Å². The minimum atomic E-state index is -0.279. The van der Waals surface area contributed by atoms with E-state index in [2.05, 4.69) is 0 Å². The number of esters is 1. The van der Waals surface area contributed by atoms with Crippen molar-refractivity contribution in [2.45, 2.75) is 26.2 Å². The van der Waals surface area contributed by atoms with Crippen LogP contribution in [0.2, 0.25) is 0 Å². The topological polar surface area (TPSA) is 103 Å². The molecule has 2 saturated heterocycles. The molecule has 2 fully saturated rings. The summed E-state index contributed by atoms with van der Waals surface area (Å²) in [4.78, 5) is 48.3. The summed E-state index contributed by atoms with van der Waals surface area (Å²) in [5.41, 5.74) is 1.51. The lowest BCUT2D eigenvalue weighted by molar-refractivity contribution is -0.148. The number of thioether (sulfide) groups is 1. The standard InChI is InChI=1S/C30H32N4O6S2/c1-4-40-29(37)20-11-14-32(15-12-20)26-21(27(35)33-13-6-5-7-25(33)31-26)18-24-28(36)34(30(41)42-24)16-10-19-8-9-22(38-2)23(17-19)39-3/h5-9,13,17-18,20H,4,10-12,14-16H2,1-3H3. The van der Waals surface area contributed by atoms with Crippen LogP contribution in [-0.4, -0.2) is 70.9 Å². The number of anilines is 1. The molecular weight excluding hydrogens is 576 g/mol. The van der Waals surface area contributed by atoms with Crippen molar-refractivity contribution in [1.29, 1.82) is 0 Å². The first-order valence-corrected chi connectivity index (χ1v) is 15.0. The number of amides is 1. The Morgan fingerprint density at radius 2 is 1.88 bits per heavy atom. The van der Waals surface area contributed by atoms with Gasteiger partial charge in [0.25, 0.3) is 11.5 Å². The monoisotopic (exact) mass is 608 g/mol. The maximum atomic E-state index is 13.7. The molecule has 12 heteroatoms. The summed E-state index contributed by atoms with van der Waals surface area (Å²) in [6.45, 7) is 3.59. The second kappa shape index (κ2) is 13.0. The minimum absolute atomic E-state index is 0.187. The van der Waals surface area contributed by atoms with Gasteiger partial charge in [-0.3, -0.25) is 23.7 Å². The van der Waals surface area contributed by atoms with Crippen LogP contribution in [0.25, 0.3) is 11.7 Å². The SMILES string of the molecule is CCOC(=O)C1CCN(c2nc3ccccn3c(=O)c2C=C2SC(=S)N(CCc3ccc(OC)c(OC)c3)C2=O)CC1. The van der Waals surface area contributed by atoms with Crippen molar-refractivity contribution in [3.8, 4) is 11.5 Å². The number of rotatable bonds is 9. The number of fused-ring (bicyclic) bond motifs is 1. The normalized spacial score (nSPS) is 16.9. The number of hydrogen-bond acceptors (Lipinski definition) is 10. The zero-order valence-electron chi connectivity index (χ0n) is 23.7. The molecule has 1 aromatic carbocycles. The van der Waals surface area contributed by atoms with Crippen molar-refractivity contribution in [1.82, 2.24) is 14.3 Å². The Labute approximate surface area is 253 Å². The maximum Gasteiger partial charge on any atom is 0.309 e. The molecule has 0 N–H and O–H groups in total. The van der Waals surface area contributed by atoms with Crippen molar-refractivity contribution in [2.75, 3.05) is 45.4 Å². The Balaban J connectivity index is 1.41. The van der Waals surface area contributed by atoms with Gasteiger partial charge in [0.1, 0.15) is 15.8 Å².